The van der Waals surface area contributed by atoms with Gasteiger partial charge in [0.2, 0.25) is 0 Å². The molecule has 0 bridgehead atoms. The molecule has 1 aliphatic carbocycles. The molecule has 16 heavy (non-hydrogen) atoms. The highest BCUT2D eigenvalue weighted by Gasteiger charge is 2.32. The molecule has 0 aromatic rings. The molecule has 0 unspecified atom stereocenters. The molecule has 1 heterocycles. The number of hydrogen-bond donors (Lipinski definition) is 1. The van der Waals surface area contributed by atoms with Gasteiger partial charge >= 0.3 is 0 Å². The molecular weight excluding hydrogens is 198 g/mol. The number of nitrogens with one attached hydrogen (secondary N) is 1. The number of hydrogen-bond acceptors (Lipinski definition) is 2. The summed E-state index contributed by atoms with van der Waals surface area (Å²) in [6.45, 7) is 8.93. The Labute approximate surface area is 100 Å². The lowest BCUT2D eigenvalue weighted by Crippen LogP contribution is -2.47. The first-order chi connectivity index (χ1) is 7.68. The van der Waals surface area contributed by atoms with Crippen molar-refractivity contribution in [3.63, 3.8) is 0 Å². The molecule has 94 valence electrons. The smallest absolute Gasteiger partial charge is 0.0554 e. The van der Waals surface area contributed by atoms with Crippen LogP contribution in [0.5, 0.6) is 0 Å². The normalized spacial score (nSPS) is 33.4. The summed E-state index contributed by atoms with van der Waals surface area (Å²) in [7, 11) is 0. The van der Waals surface area contributed by atoms with Gasteiger partial charge in [0.05, 0.1) is 13.2 Å². The van der Waals surface area contributed by atoms with Gasteiger partial charge in [-0.05, 0) is 24.8 Å². The highest BCUT2D eigenvalue weighted by atomic mass is 16.5. The third-order valence-corrected chi connectivity index (χ3v) is 4.32. The van der Waals surface area contributed by atoms with Crippen LogP contribution in [0.4, 0.5) is 0 Å². The molecule has 1 saturated carbocycles. The third-order valence-electron chi connectivity index (χ3n) is 4.32. The Bertz CT molecular complexity index is 205. The van der Waals surface area contributed by atoms with Crippen LogP contribution in [-0.4, -0.2) is 26.3 Å². The van der Waals surface area contributed by atoms with Crippen LogP contribution < -0.4 is 5.32 Å². The standard InChI is InChI=1S/C14H27NO/c1-12-3-5-13(6-4-12)7-8-15-9-14(2)10-16-11-14/h12-13,15H,3-11H2,1-2H3. The van der Waals surface area contributed by atoms with Crippen molar-refractivity contribution in [2.45, 2.75) is 46.0 Å². The van der Waals surface area contributed by atoms with E-state index in [0.717, 1.165) is 31.6 Å². The van der Waals surface area contributed by atoms with Gasteiger partial charge in [-0.3, -0.25) is 0 Å². The van der Waals surface area contributed by atoms with Crippen molar-refractivity contribution < 1.29 is 4.74 Å². The van der Waals surface area contributed by atoms with Gasteiger partial charge in [0.25, 0.3) is 0 Å². The molecule has 0 radical (unpaired) electrons. The van der Waals surface area contributed by atoms with Crippen LogP contribution in [0.2, 0.25) is 0 Å². The van der Waals surface area contributed by atoms with Crippen molar-refractivity contribution >= 4 is 0 Å². The lowest BCUT2D eigenvalue weighted by atomic mass is 9.81. The van der Waals surface area contributed by atoms with Crippen molar-refractivity contribution in [1.82, 2.24) is 5.32 Å². The van der Waals surface area contributed by atoms with Crippen molar-refractivity contribution in [3.05, 3.63) is 0 Å². The van der Waals surface area contributed by atoms with E-state index in [1.165, 1.54) is 38.6 Å². The van der Waals surface area contributed by atoms with Gasteiger partial charge in [0.1, 0.15) is 0 Å². The monoisotopic (exact) mass is 225 g/mol. The maximum Gasteiger partial charge on any atom is 0.0554 e. The number of ether oxygens (including phenoxy) is 1. The van der Waals surface area contributed by atoms with Crippen LogP contribution in [-0.2, 0) is 4.74 Å². The molecule has 1 N–H and O–H groups in total. The molecule has 2 nitrogen and oxygen atoms in total. The van der Waals surface area contributed by atoms with Gasteiger partial charge in [0.15, 0.2) is 0 Å². The van der Waals surface area contributed by atoms with Crippen LogP contribution in [0.1, 0.15) is 46.0 Å². The zero-order valence-electron chi connectivity index (χ0n) is 10.9. The Morgan fingerprint density at radius 2 is 1.88 bits per heavy atom. The molecule has 0 spiro atoms. The molecule has 0 amide bonds. The Morgan fingerprint density at radius 3 is 2.44 bits per heavy atom. The van der Waals surface area contributed by atoms with E-state index in [1.54, 1.807) is 0 Å². The molecule has 2 aliphatic rings. The summed E-state index contributed by atoms with van der Waals surface area (Å²) in [5.41, 5.74) is 0.432. The highest BCUT2D eigenvalue weighted by Crippen LogP contribution is 2.30. The summed E-state index contributed by atoms with van der Waals surface area (Å²) in [5.74, 6) is 1.98. The fourth-order valence-electron chi connectivity index (χ4n) is 2.87. The van der Waals surface area contributed by atoms with Gasteiger partial charge in [-0.25, -0.2) is 0 Å². The Kier molecular flexibility index (Phi) is 4.26. The average Bonchev–Trinajstić information content (AvgIpc) is 2.24. The third kappa shape index (κ3) is 3.46. The van der Waals surface area contributed by atoms with Crippen LogP contribution in [0.25, 0.3) is 0 Å². The van der Waals surface area contributed by atoms with E-state index in [1.807, 2.05) is 0 Å². The molecule has 0 aromatic heterocycles. The van der Waals surface area contributed by atoms with Crippen molar-refractivity contribution in [3.8, 4) is 0 Å². The van der Waals surface area contributed by atoms with Crippen LogP contribution in [0, 0.1) is 17.3 Å². The summed E-state index contributed by atoms with van der Waals surface area (Å²) in [5, 5.41) is 3.61. The summed E-state index contributed by atoms with van der Waals surface area (Å²) in [6, 6.07) is 0. The summed E-state index contributed by atoms with van der Waals surface area (Å²) in [4.78, 5) is 0. The van der Waals surface area contributed by atoms with E-state index >= 15 is 0 Å². The fourth-order valence-corrected chi connectivity index (χ4v) is 2.87. The second-order valence-electron chi connectivity index (χ2n) is 6.39. The van der Waals surface area contributed by atoms with E-state index in [9.17, 15) is 0 Å². The van der Waals surface area contributed by atoms with Crippen LogP contribution in [0.3, 0.4) is 0 Å². The number of rotatable bonds is 5. The van der Waals surface area contributed by atoms with Crippen molar-refractivity contribution in [2.24, 2.45) is 17.3 Å². The van der Waals surface area contributed by atoms with E-state index < -0.39 is 0 Å². The minimum absolute atomic E-state index is 0.432. The van der Waals surface area contributed by atoms with E-state index in [2.05, 4.69) is 19.2 Å². The first kappa shape index (κ1) is 12.4. The second kappa shape index (κ2) is 5.50. The first-order valence-corrected chi connectivity index (χ1v) is 6.96. The van der Waals surface area contributed by atoms with Gasteiger partial charge in [0, 0.05) is 12.0 Å². The highest BCUT2D eigenvalue weighted by molar-refractivity contribution is 4.83. The topological polar surface area (TPSA) is 21.3 Å². The molecule has 2 heteroatoms. The van der Waals surface area contributed by atoms with Gasteiger partial charge < -0.3 is 10.1 Å². The van der Waals surface area contributed by atoms with Crippen molar-refractivity contribution in [2.75, 3.05) is 26.3 Å². The van der Waals surface area contributed by atoms with Gasteiger partial charge in [-0.1, -0.05) is 39.5 Å². The minimum Gasteiger partial charge on any atom is -0.380 e. The molecule has 0 atom stereocenters. The quantitative estimate of drug-likeness (QED) is 0.726. The molecule has 2 rings (SSSR count). The first-order valence-electron chi connectivity index (χ1n) is 6.96. The largest absolute Gasteiger partial charge is 0.380 e. The van der Waals surface area contributed by atoms with Crippen LogP contribution >= 0.6 is 0 Å². The Morgan fingerprint density at radius 1 is 1.19 bits per heavy atom. The summed E-state index contributed by atoms with van der Waals surface area (Å²) in [6.07, 6.45) is 7.21. The zero-order valence-corrected chi connectivity index (χ0v) is 10.9. The molecule has 2 fully saturated rings. The maximum atomic E-state index is 5.26. The minimum atomic E-state index is 0.432. The SMILES string of the molecule is CC1CCC(CCNCC2(C)COC2)CC1. The van der Waals surface area contributed by atoms with E-state index in [-0.39, 0.29) is 0 Å². The molecule has 1 aliphatic heterocycles. The zero-order chi connectivity index (χ0) is 11.4. The summed E-state index contributed by atoms with van der Waals surface area (Å²) >= 11 is 0. The second-order valence-corrected chi connectivity index (χ2v) is 6.39. The van der Waals surface area contributed by atoms with Gasteiger partial charge in [-0.2, -0.15) is 0 Å². The van der Waals surface area contributed by atoms with Crippen LogP contribution in [0.15, 0.2) is 0 Å². The lowest BCUT2D eigenvalue weighted by Gasteiger charge is -2.38. The molecular formula is C14H27NO. The molecule has 1 saturated heterocycles. The van der Waals surface area contributed by atoms with E-state index in [4.69, 9.17) is 4.74 Å². The Balaban J connectivity index is 1.51. The Hall–Kier alpha value is -0.0800. The average molecular weight is 225 g/mol. The van der Waals surface area contributed by atoms with E-state index in [0.29, 0.717) is 5.41 Å². The summed E-state index contributed by atoms with van der Waals surface area (Å²) < 4.78 is 5.26. The predicted octanol–water partition coefficient (Wildman–Crippen LogP) is 2.83. The maximum absolute atomic E-state index is 5.26. The lowest BCUT2D eigenvalue weighted by molar-refractivity contribution is -0.0990. The molecule has 0 aromatic carbocycles. The van der Waals surface area contributed by atoms with Crippen molar-refractivity contribution in [1.29, 1.82) is 0 Å². The predicted molar refractivity (Wildman–Crippen MR) is 67.5 cm³/mol. The fraction of sp³-hybridized carbons (Fsp3) is 1.00. The van der Waals surface area contributed by atoms with Gasteiger partial charge in [-0.15, -0.1) is 0 Å².